The van der Waals surface area contributed by atoms with Gasteiger partial charge in [0.2, 0.25) is 0 Å². The molecule has 2 rings (SSSR count). The van der Waals surface area contributed by atoms with Crippen molar-refractivity contribution in [3.8, 4) is 6.07 Å². The van der Waals surface area contributed by atoms with Gasteiger partial charge in [0, 0.05) is 16.0 Å². The number of carbonyl (C=O) groups is 1. The van der Waals surface area contributed by atoms with Crippen LogP contribution in [0.3, 0.4) is 0 Å². The van der Waals surface area contributed by atoms with Crippen LogP contribution in [-0.2, 0) is 4.79 Å². The van der Waals surface area contributed by atoms with Crippen molar-refractivity contribution < 1.29 is 9.72 Å². The summed E-state index contributed by atoms with van der Waals surface area (Å²) in [5.74, 6) is -0.721. The topological polar surface area (TPSA) is 96.0 Å². The average molecular weight is 334 g/mol. The summed E-state index contributed by atoms with van der Waals surface area (Å²) in [5, 5.41) is 24.4. The molecule has 6 nitrogen and oxygen atoms in total. The Bertz CT molecular complexity index is 794. The lowest BCUT2D eigenvalue weighted by atomic mass is 10.2. The third-order valence-electron chi connectivity index (χ3n) is 2.60. The van der Waals surface area contributed by atoms with E-state index in [1.807, 2.05) is 5.38 Å². The van der Waals surface area contributed by atoms with Crippen LogP contribution in [0, 0.1) is 21.4 Å². The fourth-order valence-electron chi connectivity index (χ4n) is 1.62. The summed E-state index contributed by atoms with van der Waals surface area (Å²) in [4.78, 5) is 23.1. The van der Waals surface area contributed by atoms with E-state index < -0.39 is 10.8 Å². The molecule has 0 aliphatic rings. The van der Waals surface area contributed by atoms with Crippen LogP contribution < -0.4 is 5.32 Å². The zero-order valence-corrected chi connectivity index (χ0v) is 12.5. The second-order valence-electron chi connectivity index (χ2n) is 4.06. The summed E-state index contributed by atoms with van der Waals surface area (Å²) >= 11 is 7.07. The van der Waals surface area contributed by atoms with Crippen molar-refractivity contribution >= 4 is 46.3 Å². The van der Waals surface area contributed by atoms with Crippen LogP contribution in [-0.4, -0.2) is 10.8 Å². The summed E-state index contributed by atoms with van der Waals surface area (Å²) in [7, 11) is 0. The van der Waals surface area contributed by atoms with E-state index in [1.165, 1.54) is 29.5 Å². The second kappa shape index (κ2) is 6.85. The molecule has 110 valence electrons. The third-order valence-corrected chi connectivity index (χ3v) is 3.65. The number of halogens is 1. The molecule has 0 saturated heterocycles. The van der Waals surface area contributed by atoms with Gasteiger partial charge in [-0.25, -0.2) is 0 Å². The summed E-state index contributed by atoms with van der Waals surface area (Å²) in [6.45, 7) is 0. The Morgan fingerprint density at radius 1 is 1.45 bits per heavy atom. The molecule has 0 fully saturated rings. The highest BCUT2D eigenvalue weighted by Gasteiger charge is 2.18. The molecular weight excluding hydrogens is 326 g/mol. The number of rotatable bonds is 4. The van der Waals surface area contributed by atoms with Crippen molar-refractivity contribution in [3.63, 3.8) is 0 Å². The predicted molar refractivity (Wildman–Crippen MR) is 84.6 cm³/mol. The monoisotopic (exact) mass is 333 g/mol. The molecule has 1 aromatic heterocycles. The van der Waals surface area contributed by atoms with Gasteiger partial charge >= 0.3 is 0 Å². The van der Waals surface area contributed by atoms with Gasteiger partial charge in [0.25, 0.3) is 11.6 Å². The number of nitro benzene ring substituents is 1. The summed E-state index contributed by atoms with van der Waals surface area (Å²) in [5.41, 5.74) is -0.507. The number of carbonyl (C=O) groups excluding carboxylic acids is 1. The normalized spacial score (nSPS) is 10.8. The number of nitrogens with zero attached hydrogens (tertiary/aromatic N) is 2. The number of amides is 1. The second-order valence-corrected chi connectivity index (χ2v) is 5.47. The molecule has 1 N–H and O–H groups in total. The molecule has 0 saturated carbocycles. The fraction of sp³-hybridized carbons (Fsp3) is 0. The van der Waals surface area contributed by atoms with Gasteiger partial charge in [-0.3, -0.25) is 14.9 Å². The maximum absolute atomic E-state index is 12.1. The van der Waals surface area contributed by atoms with Crippen molar-refractivity contribution in [1.29, 1.82) is 5.26 Å². The molecule has 0 atom stereocenters. The average Bonchev–Trinajstić information content (AvgIpc) is 2.99. The number of hydrogen-bond acceptors (Lipinski definition) is 5. The largest absolute Gasteiger partial charge is 0.316 e. The zero-order valence-electron chi connectivity index (χ0n) is 10.9. The number of nitrogens with one attached hydrogen (secondary N) is 1. The van der Waals surface area contributed by atoms with Crippen LogP contribution in [0.1, 0.15) is 4.88 Å². The van der Waals surface area contributed by atoms with Gasteiger partial charge in [-0.2, -0.15) is 5.26 Å². The molecule has 2 aromatic rings. The smallest absolute Gasteiger partial charge is 0.294 e. The highest BCUT2D eigenvalue weighted by molar-refractivity contribution is 7.10. The Balaban J connectivity index is 2.29. The van der Waals surface area contributed by atoms with Crippen LogP contribution in [0.2, 0.25) is 5.02 Å². The van der Waals surface area contributed by atoms with Gasteiger partial charge in [-0.1, -0.05) is 17.7 Å². The van der Waals surface area contributed by atoms with Crippen LogP contribution >= 0.6 is 22.9 Å². The Morgan fingerprint density at radius 2 is 2.23 bits per heavy atom. The number of nitriles is 1. The van der Waals surface area contributed by atoms with Gasteiger partial charge in [-0.05, 0) is 29.7 Å². The summed E-state index contributed by atoms with van der Waals surface area (Å²) in [6, 6.07) is 9.18. The first-order valence-electron chi connectivity index (χ1n) is 5.92. The van der Waals surface area contributed by atoms with Crippen LogP contribution in [0.25, 0.3) is 6.08 Å². The van der Waals surface area contributed by atoms with E-state index in [0.717, 1.165) is 10.9 Å². The van der Waals surface area contributed by atoms with Gasteiger partial charge in [0.05, 0.1) is 4.92 Å². The minimum absolute atomic E-state index is 0.0215. The lowest BCUT2D eigenvalue weighted by Crippen LogP contribution is -2.14. The van der Waals surface area contributed by atoms with Crippen molar-refractivity contribution in [2.24, 2.45) is 0 Å². The maximum atomic E-state index is 12.1. The minimum atomic E-state index is -0.721. The predicted octanol–water partition coefficient (Wildman–Crippen LogP) is 3.86. The molecule has 1 amide bonds. The molecule has 0 spiro atoms. The highest BCUT2D eigenvalue weighted by Crippen LogP contribution is 2.28. The first-order chi connectivity index (χ1) is 10.5. The van der Waals surface area contributed by atoms with E-state index in [4.69, 9.17) is 16.9 Å². The van der Waals surface area contributed by atoms with Crippen molar-refractivity contribution in [1.82, 2.24) is 0 Å². The highest BCUT2D eigenvalue weighted by atomic mass is 35.5. The first kappa shape index (κ1) is 15.7. The van der Waals surface area contributed by atoms with Gasteiger partial charge < -0.3 is 5.32 Å². The van der Waals surface area contributed by atoms with Crippen molar-refractivity contribution in [2.75, 3.05) is 5.32 Å². The Morgan fingerprint density at radius 3 is 2.82 bits per heavy atom. The molecule has 0 unspecified atom stereocenters. The van der Waals surface area contributed by atoms with Gasteiger partial charge in [-0.15, -0.1) is 11.3 Å². The summed E-state index contributed by atoms with van der Waals surface area (Å²) < 4.78 is 0. The number of thiophene rings is 1. The van der Waals surface area contributed by atoms with Crippen LogP contribution in [0.5, 0.6) is 0 Å². The number of hydrogen-bond donors (Lipinski definition) is 1. The number of anilines is 1. The maximum Gasteiger partial charge on any atom is 0.294 e. The molecule has 0 aliphatic carbocycles. The SMILES string of the molecule is N#C/C(=C\c1cccs1)C(=O)Nc1ccc(Cl)cc1[N+](=O)[O-]. The first-order valence-corrected chi connectivity index (χ1v) is 7.17. The van der Waals surface area contributed by atoms with Crippen LogP contribution in [0.4, 0.5) is 11.4 Å². The summed E-state index contributed by atoms with van der Waals surface area (Å²) in [6.07, 6.45) is 1.42. The number of benzene rings is 1. The molecule has 22 heavy (non-hydrogen) atoms. The van der Waals surface area contributed by atoms with Crippen LogP contribution in [0.15, 0.2) is 41.3 Å². The van der Waals surface area contributed by atoms with E-state index in [1.54, 1.807) is 18.2 Å². The fourth-order valence-corrected chi connectivity index (χ4v) is 2.44. The zero-order chi connectivity index (χ0) is 16.1. The van der Waals surface area contributed by atoms with E-state index in [0.29, 0.717) is 0 Å². The van der Waals surface area contributed by atoms with Gasteiger partial charge in [0.15, 0.2) is 0 Å². The third kappa shape index (κ3) is 3.69. The molecule has 0 radical (unpaired) electrons. The lowest BCUT2D eigenvalue weighted by Gasteiger charge is -2.05. The van der Waals surface area contributed by atoms with Crippen molar-refractivity contribution in [2.45, 2.75) is 0 Å². The Hall–Kier alpha value is -2.69. The molecule has 8 heteroatoms. The number of nitro groups is 1. The quantitative estimate of drug-likeness (QED) is 0.397. The van der Waals surface area contributed by atoms with Crippen molar-refractivity contribution in [3.05, 3.63) is 61.3 Å². The van der Waals surface area contributed by atoms with E-state index in [2.05, 4.69) is 5.32 Å². The van der Waals surface area contributed by atoms with Gasteiger partial charge in [0.1, 0.15) is 17.3 Å². The molecule has 0 aliphatic heterocycles. The minimum Gasteiger partial charge on any atom is -0.316 e. The van der Waals surface area contributed by atoms with E-state index >= 15 is 0 Å². The standard InChI is InChI=1S/C14H8ClN3O3S/c15-10-3-4-12(13(7-10)18(20)21)17-14(19)9(8-16)6-11-2-1-5-22-11/h1-7H,(H,17,19)/b9-6+. The molecule has 1 heterocycles. The molecule has 1 aromatic carbocycles. The Labute approximate surface area is 134 Å². The molecular formula is C14H8ClN3O3S. The molecule has 0 bridgehead atoms. The van der Waals surface area contributed by atoms with E-state index in [9.17, 15) is 14.9 Å². The lowest BCUT2D eigenvalue weighted by molar-refractivity contribution is -0.383. The van der Waals surface area contributed by atoms with E-state index in [-0.39, 0.29) is 22.0 Å². The Kier molecular flexibility index (Phi) is 4.88.